The molecule has 0 aromatic carbocycles. The van der Waals surface area contributed by atoms with Gasteiger partial charge in [-0.25, -0.2) is 0 Å². The van der Waals surface area contributed by atoms with Gasteiger partial charge in [0.25, 0.3) is 0 Å². The fourth-order valence-corrected chi connectivity index (χ4v) is 1.41. The summed E-state index contributed by atoms with van der Waals surface area (Å²) < 4.78 is 1.39. The maximum absolute atomic E-state index is 8.41. The van der Waals surface area contributed by atoms with Gasteiger partial charge in [-0.15, -0.1) is 0 Å². The standard InChI is InChI=1S/C10H20N2S/c1-2-3-4-5-6-7-8-9-12(13)10-11/h13H,2-9H2,1H3. The maximum atomic E-state index is 8.41. The lowest BCUT2D eigenvalue weighted by Gasteiger charge is -2.05. The average Bonchev–Trinajstić information content (AvgIpc) is 2.16. The van der Waals surface area contributed by atoms with Crippen LogP contribution in [0.3, 0.4) is 0 Å². The lowest BCUT2D eigenvalue weighted by atomic mass is 10.1. The Kier molecular flexibility index (Phi) is 9.46. The number of hydrogen-bond acceptors (Lipinski definition) is 3. The summed E-state index contributed by atoms with van der Waals surface area (Å²) in [5.74, 6) is 0. The van der Waals surface area contributed by atoms with Gasteiger partial charge in [-0.05, 0) is 6.42 Å². The molecule has 13 heavy (non-hydrogen) atoms. The van der Waals surface area contributed by atoms with E-state index >= 15 is 0 Å². The SMILES string of the molecule is CCCCCCCCCN(S)C#N. The zero-order valence-corrected chi connectivity index (χ0v) is 9.39. The minimum atomic E-state index is 0.785. The topological polar surface area (TPSA) is 27.0 Å². The molecule has 0 aliphatic rings. The highest BCUT2D eigenvalue weighted by atomic mass is 32.1. The van der Waals surface area contributed by atoms with Crippen LogP contribution in [0.5, 0.6) is 0 Å². The van der Waals surface area contributed by atoms with Crippen molar-refractivity contribution in [1.29, 1.82) is 5.26 Å². The van der Waals surface area contributed by atoms with Gasteiger partial charge in [-0.1, -0.05) is 58.3 Å². The van der Waals surface area contributed by atoms with Gasteiger partial charge in [-0.3, -0.25) is 4.31 Å². The Morgan fingerprint density at radius 3 is 2.15 bits per heavy atom. The van der Waals surface area contributed by atoms with Gasteiger partial charge in [0.15, 0.2) is 6.19 Å². The number of nitriles is 1. The number of hydrogen-bond donors (Lipinski definition) is 1. The molecule has 0 heterocycles. The largest absolute Gasteiger partial charge is 0.256 e. The summed E-state index contributed by atoms with van der Waals surface area (Å²) in [5, 5.41) is 8.41. The first-order chi connectivity index (χ1) is 6.31. The average molecular weight is 200 g/mol. The van der Waals surface area contributed by atoms with Crippen LogP contribution in [0.25, 0.3) is 0 Å². The van der Waals surface area contributed by atoms with Crippen molar-refractivity contribution >= 4 is 12.8 Å². The van der Waals surface area contributed by atoms with Gasteiger partial charge in [-0.2, -0.15) is 5.26 Å². The summed E-state index contributed by atoms with van der Waals surface area (Å²) in [4.78, 5) is 0. The van der Waals surface area contributed by atoms with E-state index in [0.717, 1.165) is 13.0 Å². The van der Waals surface area contributed by atoms with Crippen LogP contribution in [0.4, 0.5) is 0 Å². The molecule has 0 N–H and O–H groups in total. The number of nitrogens with zero attached hydrogens (tertiary/aromatic N) is 2. The number of unbranched alkanes of at least 4 members (excludes halogenated alkanes) is 6. The van der Waals surface area contributed by atoms with Gasteiger partial charge in [0.1, 0.15) is 0 Å². The van der Waals surface area contributed by atoms with Crippen LogP contribution in [0.1, 0.15) is 51.9 Å². The van der Waals surface area contributed by atoms with Crippen molar-refractivity contribution in [3.05, 3.63) is 0 Å². The zero-order chi connectivity index (χ0) is 9.94. The smallest absolute Gasteiger partial charge is 0.190 e. The number of rotatable bonds is 8. The van der Waals surface area contributed by atoms with Crippen molar-refractivity contribution < 1.29 is 0 Å². The molecular weight excluding hydrogens is 180 g/mol. The number of thiol groups is 1. The molecule has 2 nitrogen and oxygen atoms in total. The molecule has 3 heteroatoms. The molecule has 0 rings (SSSR count). The van der Waals surface area contributed by atoms with Crippen LogP contribution in [0, 0.1) is 11.5 Å². The minimum absolute atomic E-state index is 0.785. The monoisotopic (exact) mass is 200 g/mol. The second kappa shape index (κ2) is 9.73. The molecule has 0 bridgehead atoms. The highest BCUT2D eigenvalue weighted by Crippen LogP contribution is 2.07. The zero-order valence-electron chi connectivity index (χ0n) is 8.50. The molecule has 76 valence electrons. The molecule has 0 radical (unpaired) electrons. The summed E-state index contributed by atoms with van der Waals surface area (Å²) in [6, 6.07) is 0. The van der Waals surface area contributed by atoms with Crippen molar-refractivity contribution in [1.82, 2.24) is 4.31 Å². The Morgan fingerprint density at radius 2 is 1.62 bits per heavy atom. The van der Waals surface area contributed by atoms with Gasteiger partial charge in [0, 0.05) is 6.54 Å². The summed E-state index contributed by atoms with van der Waals surface area (Å²) in [5.41, 5.74) is 0. The van der Waals surface area contributed by atoms with E-state index in [1.54, 1.807) is 0 Å². The van der Waals surface area contributed by atoms with E-state index in [2.05, 4.69) is 19.7 Å². The van der Waals surface area contributed by atoms with Crippen molar-refractivity contribution in [3.8, 4) is 6.19 Å². The van der Waals surface area contributed by atoms with Gasteiger partial charge in [0.2, 0.25) is 0 Å². The first-order valence-corrected chi connectivity index (χ1v) is 5.57. The second-order valence-corrected chi connectivity index (χ2v) is 3.83. The molecule has 0 saturated carbocycles. The van der Waals surface area contributed by atoms with Crippen LogP contribution in [0.2, 0.25) is 0 Å². The molecule has 0 aromatic rings. The van der Waals surface area contributed by atoms with E-state index in [4.69, 9.17) is 5.26 Å². The third-order valence-electron chi connectivity index (χ3n) is 2.09. The van der Waals surface area contributed by atoms with Gasteiger partial charge < -0.3 is 0 Å². The Hall–Kier alpha value is -0.360. The Morgan fingerprint density at radius 1 is 1.08 bits per heavy atom. The lowest BCUT2D eigenvalue weighted by molar-refractivity contribution is 0.540. The lowest BCUT2D eigenvalue weighted by Crippen LogP contribution is -2.05. The third-order valence-corrected chi connectivity index (χ3v) is 2.38. The summed E-state index contributed by atoms with van der Waals surface area (Å²) in [6.07, 6.45) is 10.9. The predicted octanol–water partition coefficient (Wildman–Crippen LogP) is 3.36. The van der Waals surface area contributed by atoms with Crippen LogP contribution in [-0.2, 0) is 0 Å². The quantitative estimate of drug-likeness (QED) is 0.281. The van der Waals surface area contributed by atoms with Crippen molar-refractivity contribution in [2.24, 2.45) is 0 Å². The molecule has 0 saturated heterocycles. The molecule has 0 spiro atoms. The molecule has 0 fully saturated rings. The maximum Gasteiger partial charge on any atom is 0.190 e. The van der Waals surface area contributed by atoms with Gasteiger partial charge in [0.05, 0.1) is 0 Å². The fourth-order valence-electron chi connectivity index (χ4n) is 1.27. The van der Waals surface area contributed by atoms with Crippen molar-refractivity contribution in [3.63, 3.8) is 0 Å². The van der Waals surface area contributed by atoms with E-state index in [0.29, 0.717) is 0 Å². The minimum Gasteiger partial charge on any atom is -0.256 e. The Bertz CT molecular complexity index is 142. The predicted molar refractivity (Wildman–Crippen MR) is 59.3 cm³/mol. The van der Waals surface area contributed by atoms with E-state index in [1.165, 1.54) is 42.8 Å². The molecule has 0 aromatic heterocycles. The first-order valence-electron chi connectivity index (χ1n) is 5.17. The van der Waals surface area contributed by atoms with E-state index in [9.17, 15) is 0 Å². The molecule has 0 unspecified atom stereocenters. The molecule has 0 aliphatic heterocycles. The van der Waals surface area contributed by atoms with Crippen LogP contribution >= 0.6 is 12.8 Å². The Labute approximate surface area is 87.5 Å². The van der Waals surface area contributed by atoms with E-state index in [1.807, 2.05) is 6.19 Å². The van der Waals surface area contributed by atoms with E-state index < -0.39 is 0 Å². The van der Waals surface area contributed by atoms with Crippen molar-refractivity contribution in [2.45, 2.75) is 51.9 Å². The molecular formula is C10H20N2S. The highest BCUT2D eigenvalue weighted by Gasteiger charge is 1.94. The summed E-state index contributed by atoms with van der Waals surface area (Å²) in [6.45, 7) is 3.01. The highest BCUT2D eigenvalue weighted by molar-refractivity contribution is 7.77. The first kappa shape index (κ1) is 12.6. The molecule has 0 amide bonds. The van der Waals surface area contributed by atoms with Crippen LogP contribution in [0.15, 0.2) is 0 Å². The van der Waals surface area contributed by atoms with Gasteiger partial charge >= 0.3 is 0 Å². The molecule has 0 aliphatic carbocycles. The molecule has 0 atom stereocenters. The normalized spacial score (nSPS) is 9.62. The summed E-state index contributed by atoms with van der Waals surface area (Å²) in [7, 11) is 0. The summed E-state index contributed by atoms with van der Waals surface area (Å²) >= 11 is 3.96. The fraction of sp³-hybridized carbons (Fsp3) is 0.900. The second-order valence-electron chi connectivity index (χ2n) is 3.34. The van der Waals surface area contributed by atoms with Crippen LogP contribution < -0.4 is 0 Å². The van der Waals surface area contributed by atoms with E-state index in [-0.39, 0.29) is 0 Å². The Balaban J connectivity index is 2.96. The van der Waals surface area contributed by atoms with Crippen LogP contribution in [-0.4, -0.2) is 10.8 Å². The third kappa shape index (κ3) is 9.55. The van der Waals surface area contributed by atoms with Crippen molar-refractivity contribution in [2.75, 3.05) is 6.54 Å².